The second-order valence-electron chi connectivity index (χ2n) is 0.379. The minimum atomic E-state index is -1.83. The van der Waals surface area contributed by atoms with Crippen LogP contribution in [0.1, 0.15) is 0 Å². The summed E-state index contributed by atoms with van der Waals surface area (Å²) < 4.78 is 0. The third-order valence-electron chi connectivity index (χ3n) is 0. The van der Waals surface area contributed by atoms with Gasteiger partial charge in [-0.15, -0.1) is 0 Å². The van der Waals surface area contributed by atoms with Crippen molar-refractivity contribution in [2.45, 2.75) is 0 Å². The minimum Gasteiger partial charge on any atom is -0.554 e. The molecule has 0 saturated heterocycles. The summed E-state index contributed by atoms with van der Waals surface area (Å²) in [5, 5.41) is 22.2. The Kier molecular flexibility index (Phi) is 30.9. The SMILES string of the molecule is O=C(O)O.O=C[O-].[K+]. The van der Waals surface area contributed by atoms with Gasteiger partial charge >= 0.3 is 57.5 Å². The molecule has 0 radical (unpaired) electrons. The number of carbonyl (C=O) groups is 2. The standard InChI is InChI=1S/CH2O3.CH2O2.K/c2-1(3)4;2-1-3;/h(H2,2,3,4);1H,(H,2,3);/q;;+1/p-1. The van der Waals surface area contributed by atoms with Crippen molar-refractivity contribution in [1.82, 2.24) is 0 Å². The summed E-state index contributed by atoms with van der Waals surface area (Å²) in [6.45, 7) is -0.500. The molecule has 0 aliphatic rings. The van der Waals surface area contributed by atoms with Crippen molar-refractivity contribution in [1.29, 1.82) is 0 Å². The van der Waals surface area contributed by atoms with Gasteiger partial charge < -0.3 is 20.1 Å². The molecule has 0 unspecified atom stereocenters. The molecular weight excluding hydrogens is 143 g/mol. The van der Waals surface area contributed by atoms with Gasteiger partial charge in [0.1, 0.15) is 0 Å². The Balaban J connectivity index is -0.0000000575. The second kappa shape index (κ2) is 15.7. The Morgan fingerprint density at radius 2 is 1.50 bits per heavy atom. The third-order valence-corrected chi connectivity index (χ3v) is 0. The first-order chi connectivity index (χ1) is 3.15. The fraction of sp³-hybridized carbons (Fsp3) is 0. The Morgan fingerprint density at radius 3 is 1.50 bits per heavy atom. The van der Waals surface area contributed by atoms with Gasteiger partial charge in [-0.1, -0.05) is 0 Å². The normalized spacial score (nSPS) is 4.50. The van der Waals surface area contributed by atoms with E-state index in [1.807, 2.05) is 0 Å². The molecule has 0 fully saturated rings. The van der Waals surface area contributed by atoms with Crippen molar-refractivity contribution in [2.75, 3.05) is 0 Å². The summed E-state index contributed by atoms with van der Waals surface area (Å²) >= 11 is 0. The van der Waals surface area contributed by atoms with Gasteiger partial charge in [0.15, 0.2) is 0 Å². The van der Waals surface area contributed by atoms with Crippen molar-refractivity contribution in [3.05, 3.63) is 0 Å². The van der Waals surface area contributed by atoms with Gasteiger partial charge in [0.25, 0.3) is 0 Å². The summed E-state index contributed by atoms with van der Waals surface area (Å²) in [5.41, 5.74) is 0. The van der Waals surface area contributed by atoms with Crippen LogP contribution in [0.4, 0.5) is 4.79 Å². The molecule has 0 amide bonds. The predicted octanol–water partition coefficient (Wildman–Crippen LogP) is -4.41. The summed E-state index contributed by atoms with van der Waals surface area (Å²) in [7, 11) is 0. The molecule has 42 valence electrons. The minimum absolute atomic E-state index is 0. The van der Waals surface area contributed by atoms with E-state index in [1.54, 1.807) is 0 Å². The van der Waals surface area contributed by atoms with E-state index in [4.69, 9.17) is 24.9 Å². The first-order valence-electron chi connectivity index (χ1n) is 1.12. The van der Waals surface area contributed by atoms with Crippen LogP contribution in [0.15, 0.2) is 0 Å². The van der Waals surface area contributed by atoms with Crippen molar-refractivity contribution >= 4 is 12.6 Å². The van der Waals surface area contributed by atoms with E-state index in [0.717, 1.165) is 0 Å². The van der Waals surface area contributed by atoms with E-state index in [9.17, 15) is 0 Å². The monoisotopic (exact) mass is 146 g/mol. The molecule has 0 aromatic heterocycles. The number of hydrogen-bond acceptors (Lipinski definition) is 3. The quantitative estimate of drug-likeness (QED) is 0.265. The number of rotatable bonds is 0. The fourth-order valence-corrected chi connectivity index (χ4v) is 0. The van der Waals surface area contributed by atoms with Gasteiger partial charge in [0.2, 0.25) is 0 Å². The molecular formula is C2H3KO5. The first kappa shape index (κ1) is 15.8. The van der Waals surface area contributed by atoms with Crippen LogP contribution in [0.3, 0.4) is 0 Å². The van der Waals surface area contributed by atoms with Crippen LogP contribution in [0.5, 0.6) is 0 Å². The molecule has 0 heterocycles. The maximum atomic E-state index is 8.56. The van der Waals surface area contributed by atoms with Crippen LogP contribution >= 0.6 is 0 Å². The van der Waals surface area contributed by atoms with E-state index in [2.05, 4.69) is 0 Å². The Hall–Kier alpha value is 0.376. The molecule has 0 spiro atoms. The number of carbonyl (C=O) groups excluding carboxylic acids is 1. The molecule has 0 saturated carbocycles. The summed E-state index contributed by atoms with van der Waals surface area (Å²) in [6, 6.07) is 0. The van der Waals surface area contributed by atoms with E-state index < -0.39 is 12.6 Å². The second-order valence-corrected chi connectivity index (χ2v) is 0.379. The fourth-order valence-electron chi connectivity index (χ4n) is 0. The zero-order chi connectivity index (χ0) is 6.28. The topological polar surface area (TPSA) is 97.7 Å². The average molecular weight is 146 g/mol. The number of hydrogen-bond donors (Lipinski definition) is 2. The van der Waals surface area contributed by atoms with Gasteiger partial charge in [-0.2, -0.15) is 0 Å². The van der Waals surface area contributed by atoms with E-state index in [1.165, 1.54) is 0 Å². The van der Waals surface area contributed by atoms with Crippen LogP contribution in [-0.2, 0) is 4.79 Å². The smallest absolute Gasteiger partial charge is 0.554 e. The third kappa shape index (κ3) is 1300. The van der Waals surface area contributed by atoms with Gasteiger partial charge in [-0.25, -0.2) is 4.79 Å². The van der Waals surface area contributed by atoms with Gasteiger partial charge in [-0.05, 0) is 0 Å². The largest absolute Gasteiger partial charge is 1.00 e. The van der Waals surface area contributed by atoms with Gasteiger partial charge in [0, 0.05) is 6.47 Å². The molecule has 6 heteroatoms. The van der Waals surface area contributed by atoms with Crippen LogP contribution in [-0.4, -0.2) is 22.8 Å². The van der Waals surface area contributed by atoms with Crippen molar-refractivity contribution in [2.24, 2.45) is 0 Å². The zero-order valence-corrected chi connectivity index (χ0v) is 7.32. The number of carboxylic acid groups (broad SMARTS) is 3. The molecule has 0 bridgehead atoms. The summed E-state index contributed by atoms with van der Waals surface area (Å²) in [4.78, 5) is 16.8. The maximum absolute atomic E-state index is 8.56. The van der Waals surface area contributed by atoms with Crippen molar-refractivity contribution in [3.63, 3.8) is 0 Å². The van der Waals surface area contributed by atoms with Crippen LogP contribution < -0.4 is 56.5 Å². The zero-order valence-electron chi connectivity index (χ0n) is 4.20. The molecule has 0 aromatic rings. The van der Waals surface area contributed by atoms with Crippen LogP contribution in [0.2, 0.25) is 0 Å². The maximum Gasteiger partial charge on any atom is 1.00 e. The Bertz CT molecular complexity index is 57.4. The predicted molar refractivity (Wildman–Crippen MR) is 16.7 cm³/mol. The van der Waals surface area contributed by atoms with Gasteiger partial charge in [-0.3, -0.25) is 0 Å². The van der Waals surface area contributed by atoms with E-state index in [-0.39, 0.29) is 51.4 Å². The van der Waals surface area contributed by atoms with Gasteiger partial charge in [0.05, 0.1) is 0 Å². The van der Waals surface area contributed by atoms with Crippen LogP contribution in [0.25, 0.3) is 0 Å². The van der Waals surface area contributed by atoms with Crippen LogP contribution in [0, 0.1) is 0 Å². The molecule has 2 N–H and O–H groups in total. The molecule has 8 heavy (non-hydrogen) atoms. The van der Waals surface area contributed by atoms with E-state index >= 15 is 0 Å². The average Bonchev–Trinajstić information content (AvgIpc) is 1.33. The molecule has 5 nitrogen and oxygen atoms in total. The molecule has 0 aromatic carbocycles. The first-order valence-corrected chi connectivity index (χ1v) is 1.12. The van der Waals surface area contributed by atoms with E-state index in [0.29, 0.717) is 0 Å². The summed E-state index contributed by atoms with van der Waals surface area (Å²) in [6.07, 6.45) is -1.83. The molecule has 0 rings (SSSR count). The molecule has 0 atom stereocenters. The summed E-state index contributed by atoms with van der Waals surface area (Å²) in [5.74, 6) is 0. The Labute approximate surface area is 87.7 Å². The van der Waals surface area contributed by atoms with Crippen molar-refractivity contribution in [3.8, 4) is 0 Å². The molecule has 0 aliphatic heterocycles. The Morgan fingerprint density at radius 1 is 1.50 bits per heavy atom. The van der Waals surface area contributed by atoms with Crippen molar-refractivity contribution < 1.29 is 76.3 Å². The molecule has 0 aliphatic carbocycles.